The van der Waals surface area contributed by atoms with Crippen LogP contribution in [0.3, 0.4) is 0 Å². The van der Waals surface area contributed by atoms with E-state index in [0.29, 0.717) is 42.4 Å². The summed E-state index contributed by atoms with van der Waals surface area (Å²) in [5, 5.41) is 12.2. The Bertz CT molecular complexity index is 1150. The van der Waals surface area contributed by atoms with Crippen molar-refractivity contribution < 1.29 is 4.79 Å². The highest BCUT2D eigenvalue weighted by atomic mass is 16.1. The smallest absolute Gasteiger partial charge is 0.137 e. The first-order valence-electron chi connectivity index (χ1n) is 20.2. The summed E-state index contributed by atoms with van der Waals surface area (Å²) in [5.74, 6) is 4.52. The number of allylic oxidation sites excluding steroid dienone is 6. The van der Waals surface area contributed by atoms with Crippen molar-refractivity contribution in [2.75, 3.05) is 13.1 Å². The highest BCUT2D eigenvalue weighted by Gasteiger charge is 2.33. The summed E-state index contributed by atoms with van der Waals surface area (Å²) in [6.45, 7) is 27.2. The van der Waals surface area contributed by atoms with E-state index in [1.807, 2.05) is 0 Å². The van der Waals surface area contributed by atoms with Gasteiger partial charge in [0.15, 0.2) is 0 Å². The molecule has 4 nitrogen and oxygen atoms in total. The average molecular weight is 662 g/mol. The second-order valence-corrected chi connectivity index (χ2v) is 17.3. The first-order valence-corrected chi connectivity index (χ1v) is 20.2. The fraction of sp³-hybridized carbons (Fsp3) is 0.795. The third kappa shape index (κ3) is 13.1. The summed E-state index contributed by atoms with van der Waals surface area (Å²) in [7, 11) is 0. The molecular weight excluding hydrogens is 587 g/mol. The van der Waals surface area contributed by atoms with E-state index in [1.54, 1.807) is 0 Å². The SMILES string of the molecule is C=C(C)/C(=C\C(CC(=O)CC1C[C@@H](C)NCC1CC(CCC)C(C)CCCCC1=CCN=N1)=C(/C)C(C)(C)CC)CC1CCC(C)CC1. The van der Waals surface area contributed by atoms with Gasteiger partial charge in [-0.15, -0.1) is 0 Å². The van der Waals surface area contributed by atoms with Gasteiger partial charge in [0.25, 0.3) is 0 Å². The third-order valence-corrected chi connectivity index (χ3v) is 12.9. The van der Waals surface area contributed by atoms with Crippen LogP contribution in [0.4, 0.5) is 0 Å². The second kappa shape index (κ2) is 20.1. The zero-order chi connectivity index (χ0) is 35.3. The molecule has 2 heterocycles. The van der Waals surface area contributed by atoms with Crippen LogP contribution in [0.2, 0.25) is 0 Å². The van der Waals surface area contributed by atoms with Gasteiger partial charge in [0.05, 0.1) is 12.2 Å². The first-order chi connectivity index (χ1) is 22.8. The summed E-state index contributed by atoms with van der Waals surface area (Å²) >= 11 is 0. The van der Waals surface area contributed by atoms with Crippen molar-refractivity contribution in [1.82, 2.24) is 5.32 Å². The van der Waals surface area contributed by atoms with Crippen LogP contribution in [0, 0.1) is 40.9 Å². The topological polar surface area (TPSA) is 53.8 Å². The molecule has 0 spiro atoms. The van der Waals surface area contributed by atoms with Crippen LogP contribution in [-0.2, 0) is 4.79 Å². The number of piperidine rings is 1. The summed E-state index contributed by atoms with van der Waals surface area (Å²) in [6.07, 6.45) is 23.1. The number of unbranched alkanes of at least 4 members (excludes halogenated alkanes) is 1. The lowest BCUT2D eigenvalue weighted by Gasteiger charge is -2.39. The van der Waals surface area contributed by atoms with E-state index in [2.05, 4.69) is 96.6 Å². The van der Waals surface area contributed by atoms with E-state index in [9.17, 15) is 4.79 Å². The maximum Gasteiger partial charge on any atom is 0.137 e. The van der Waals surface area contributed by atoms with Gasteiger partial charge in [-0.05, 0) is 137 Å². The fourth-order valence-electron chi connectivity index (χ4n) is 8.63. The zero-order valence-electron chi connectivity index (χ0n) is 32.9. The van der Waals surface area contributed by atoms with Crippen LogP contribution in [0.15, 0.2) is 56.9 Å². The molecule has 0 aromatic carbocycles. The van der Waals surface area contributed by atoms with E-state index in [-0.39, 0.29) is 5.41 Å². The Kier molecular flexibility index (Phi) is 17.0. The summed E-state index contributed by atoms with van der Waals surface area (Å²) < 4.78 is 0. The fourth-order valence-corrected chi connectivity index (χ4v) is 8.63. The molecule has 0 bridgehead atoms. The number of nitrogens with one attached hydrogen (secondary N) is 1. The first kappa shape index (κ1) is 40.6. The number of rotatable bonds is 20. The number of hydrogen-bond donors (Lipinski definition) is 1. The van der Waals surface area contributed by atoms with Crippen LogP contribution in [-0.4, -0.2) is 24.9 Å². The molecule has 1 aliphatic carbocycles. The van der Waals surface area contributed by atoms with Gasteiger partial charge >= 0.3 is 0 Å². The van der Waals surface area contributed by atoms with Gasteiger partial charge in [0, 0.05) is 18.9 Å². The van der Waals surface area contributed by atoms with Gasteiger partial charge in [-0.1, -0.05) is 104 Å². The van der Waals surface area contributed by atoms with Crippen LogP contribution in [0.5, 0.6) is 0 Å². The van der Waals surface area contributed by atoms with Gasteiger partial charge in [0.1, 0.15) is 5.78 Å². The summed E-state index contributed by atoms with van der Waals surface area (Å²) in [6, 6.07) is 0.479. The molecule has 4 heteroatoms. The lowest BCUT2D eigenvalue weighted by atomic mass is 9.71. The average Bonchev–Trinajstić information content (AvgIpc) is 3.57. The van der Waals surface area contributed by atoms with Gasteiger partial charge in [0.2, 0.25) is 0 Å². The molecule has 5 atom stereocenters. The Labute approximate surface area is 297 Å². The van der Waals surface area contributed by atoms with E-state index < -0.39 is 0 Å². The summed E-state index contributed by atoms with van der Waals surface area (Å²) in [4.78, 5) is 14.2. The Hall–Kier alpha value is -1.81. The van der Waals surface area contributed by atoms with Crippen molar-refractivity contribution in [2.45, 2.75) is 171 Å². The molecule has 0 aromatic heterocycles. The number of azo groups is 1. The molecule has 3 aliphatic rings. The van der Waals surface area contributed by atoms with Crippen molar-refractivity contribution in [3.8, 4) is 0 Å². The van der Waals surface area contributed by atoms with Crippen LogP contribution < -0.4 is 5.32 Å². The molecule has 1 N–H and O–H groups in total. The lowest BCUT2D eigenvalue weighted by molar-refractivity contribution is -0.120. The Morgan fingerprint density at radius 1 is 1.06 bits per heavy atom. The largest absolute Gasteiger partial charge is 0.314 e. The van der Waals surface area contributed by atoms with Gasteiger partial charge in [-0.25, -0.2) is 0 Å². The number of nitrogens with zero attached hydrogens (tertiary/aromatic N) is 2. The van der Waals surface area contributed by atoms with Crippen molar-refractivity contribution >= 4 is 5.78 Å². The Morgan fingerprint density at radius 3 is 2.42 bits per heavy atom. The van der Waals surface area contributed by atoms with Gasteiger partial charge in [-0.2, -0.15) is 10.2 Å². The number of carbonyl (C=O) groups is 1. The molecule has 2 aliphatic heterocycles. The molecule has 1 saturated carbocycles. The number of Topliss-reactive ketones (excluding diaryl/α,β-unsaturated/α-hetero) is 1. The second-order valence-electron chi connectivity index (χ2n) is 17.3. The molecule has 48 heavy (non-hydrogen) atoms. The molecule has 4 unspecified atom stereocenters. The molecule has 2 fully saturated rings. The molecule has 272 valence electrons. The summed E-state index contributed by atoms with van der Waals surface area (Å²) in [5.41, 5.74) is 6.44. The number of hydrogen-bond acceptors (Lipinski definition) is 4. The minimum Gasteiger partial charge on any atom is -0.314 e. The molecule has 0 amide bonds. The van der Waals surface area contributed by atoms with E-state index in [4.69, 9.17) is 0 Å². The highest BCUT2D eigenvalue weighted by molar-refractivity contribution is 5.82. The van der Waals surface area contributed by atoms with E-state index in [0.717, 1.165) is 56.5 Å². The maximum absolute atomic E-state index is 14.2. The van der Waals surface area contributed by atoms with E-state index >= 15 is 0 Å². The van der Waals surface area contributed by atoms with Crippen molar-refractivity contribution in [1.29, 1.82) is 0 Å². The number of carbonyl (C=O) groups excluding carboxylic acids is 1. The lowest BCUT2D eigenvalue weighted by Crippen LogP contribution is -2.44. The Morgan fingerprint density at radius 2 is 1.79 bits per heavy atom. The minimum atomic E-state index is 0.0695. The predicted octanol–water partition coefficient (Wildman–Crippen LogP) is 12.8. The van der Waals surface area contributed by atoms with Crippen LogP contribution in [0.1, 0.15) is 165 Å². The van der Waals surface area contributed by atoms with Crippen molar-refractivity contribution in [3.05, 3.63) is 46.7 Å². The number of ketones is 1. The van der Waals surface area contributed by atoms with Crippen molar-refractivity contribution in [3.63, 3.8) is 0 Å². The quantitative estimate of drug-likeness (QED) is 0.104. The zero-order valence-corrected chi connectivity index (χ0v) is 32.9. The molecular formula is C44H75N3O. The van der Waals surface area contributed by atoms with Crippen LogP contribution >= 0.6 is 0 Å². The normalized spacial score (nSPS) is 27.0. The maximum atomic E-state index is 14.2. The predicted molar refractivity (Wildman–Crippen MR) is 207 cm³/mol. The standard InChI is InChI=1S/C44H75N3O/c1-11-15-37(33(6)16-13-14-17-42-22-23-46-47-42)26-41-30-45-34(7)24-40(41)29-43(48)28-39(35(8)44(9,10)12-2)27-38(31(3)4)25-36-20-18-32(5)19-21-36/h22,27,32-34,36-37,40-41,45H,3,11-21,23-26,28-30H2,1-2,4-10H3/b38-27-,39-35-/t32?,33?,34-,36?,37?,40?,41?/m1/s1. The molecule has 0 aromatic rings. The Balaban J connectivity index is 1.72. The third-order valence-electron chi connectivity index (χ3n) is 12.9. The highest BCUT2D eigenvalue weighted by Crippen LogP contribution is 2.39. The van der Waals surface area contributed by atoms with E-state index in [1.165, 1.54) is 92.2 Å². The molecule has 0 radical (unpaired) electrons. The van der Waals surface area contributed by atoms with Gasteiger partial charge in [-0.3, -0.25) is 4.79 Å². The minimum absolute atomic E-state index is 0.0695. The molecule has 3 rings (SSSR count). The van der Waals surface area contributed by atoms with Gasteiger partial charge < -0.3 is 5.32 Å². The van der Waals surface area contributed by atoms with Crippen molar-refractivity contribution in [2.24, 2.45) is 51.2 Å². The molecule has 1 saturated heterocycles. The monoisotopic (exact) mass is 662 g/mol. The van der Waals surface area contributed by atoms with Crippen LogP contribution in [0.25, 0.3) is 0 Å².